The van der Waals surface area contributed by atoms with Gasteiger partial charge in [-0.3, -0.25) is 4.99 Å². The van der Waals surface area contributed by atoms with E-state index in [0.29, 0.717) is 11.4 Å². The second-order valence-electron chi connectivity index (χ2n) is 6.16. The van der Waals surface area contributed by atoms with E-state index in [1.165, 1.54) is 17.4 Å². The molecule has 0 aliphatic rings. The SMILES string of the molecule is CN=C(NCc1ccc(S(C)(=O)=O)cc1)N(C)Cc1ccc(C)cc1. The van der Waals surface area contributed by atoms with Gasteiger partial charge in [-0.2, -0.15) is 0 Å². The summed E-state index contributed by atoms with van der Waals surface area (Å²) in [6, 6.07) is 15.3. The topological polar surface area (TPSA) is 61.8 Å². The summed E-state index contributed by atoms with van der Waals surface area (Å²) in [5.74, 6) is 0.785. The molecule has 0 bridgehead atoms. The molecular formula is C19H25N3O2S. The molecule has 2 rings (SSSR count). The molecule has 0 atom stereocenters. The monoisotopic (exact) mass is 359 g/mol. The van der Waals surface area contributed by atoms with Crippen molar-refractivity contribution in [3.05, 3.63) is 65.2 Å². The molecule has 1 N–H and O–H groups in total. The van der Waals surface area contributed by atoms with Gasteiger partial charge in [0.05, 0.1) is 4.90 Å². The van der Waals surface area contributed by atoms with Crippen molar-refractivity contribution in [2.24, 2.45) is 4.99 Å². The zero-order chi connectivity index (χ0) is 18.4. The molecule has 2 aromatic carbocycles. The van der Waals surface area contributed by atoms with Gasteiger partial charge in [0.25, 0.3) is 0 Å². The fraction of sp³-hybridized carbons (Fsp3) is 0.316. The van der Waals surface area contributed by atoms with E-state index in [0.717, 1.165) is 18.1 Å². The standard InChI is InChI=1S/C19H25N3O2S/c1-15-5-7-17(8-6-15)14-22(3)19(20-2)21-13-16-9-11-18(12-10-16)25(4,23)24/h5-12H,13-14H2,1-4H3,(H,20,21). The van der Waals surface area contributed by atoms with Crippen LogP contribution in [-0.2, 0) is 22.9 Å². The number of aliphatic imine (C=N–C) groups is 1. The molecule has 0 heterocycles. The Balaban J connectivity index is 1.96. The van der Waals surface area contributed by atoms with Crippen LogP contribution in [-0.4, -0.2) is 39.6 Å². The van der Waals surface area contributed by atoms with Gasteiger partial charge in [-0.1, -0.05) is 42.0 Å². The number of nitrogens with zero attached hydrogens (tertiary/aromatic N) is 2. The highest BCUT2D eigenvalue weighted by Gasteiger charge is 2.08. The van der Waals surface area contributed by atoms with Gasteiger partial charge in [-0.05, 0) is 30.2 Å². The molecule has 2 aromatic rings. The van der Waals surface area contributed by atoms with Gasteiger partial charge >= 0.3 is 0 Å². The zero-order valence-electron chi connectivity index (χ0n) is 15.2. The van der Waals surface area contributed by atoms with E-state index < -0.39 is 9.84 Å². The van der Waals surface area contributed by atoms with Crippen molar-refractivity contribution in [3.8, 4) is 0 Å². The summed E-state index contributed by atoms with van der Waals surface area (Å²) in [5.41, 5.74) is 3.46. The molecular weight excluding hydrogens is 334 g/mol. The predicted molar refractivity (Wildman–Crippen MR) is 102 cm³/mol. The summed E-state index contributed by atoms with van der Waals surface area (Å²) >= 11 is 0. The second-order valence-corrected chi connectivity index (χ2v) is 8.17. The van der Waals surface area contributed by atoms with E-state index >= 15 is 0 Å². The molecule has 134 valence electrons. The van der Waals surface area contributed by atoms with Gasteiger partial charge in [-0.25, -0.2) is 8.42 Å². The van der Waals surface area contributed by atoms with E-state index in [1.807, 2.05) is 19.2 Å². The van der Waals surface area contributed by atoms with Crippen LogP contribution in [0.5, 0.6) is 0 Å². The number of sulfone groups is 1. The third-order valence-electron chi connectivity index (χ3n) is 3.92. The molecule has 0 aliphatic carbocycles. The average molecular weight is 359 g/mol. The number of hydrogen-bond acceptors (Lipinski definition) is 3. The van der Waals surface area contributed by atoms with E-state index in [4.69, 9.17) is 0 Å². The van der Waals surface area contributed by atoms with Crippen LogP contribution in [0.1, 0.15) is 16.7 Å². The quantitative estimate of drug-likeness (QED) is 0.658. The molecule has 0 aliphatic heterocycles. The molecule has 0 aromatic heterocycles. The first-order valence-electron chi connectivity index (χ1n) is 8.06. The zero-order valence-corrected chi connectivity index (χ0v) is 16.0. The first-order chi connectivity index (χ1) is 11.8. The minimum atomic E-state index is -3.16. The fourth-order valence-electron chi connectivity index (χ4n) is 2.46. The summed E-state index contributed by atoms with van der Waals surface area (Å²) < 4.78 is 23.0. The number of rotatable bonds is 5. The van der Waals surface area contributed by atoms with Crippen LogP contribution in [0.2, 0.25) is 0 Å². The van der Waals surface area contributed by atoms with Gasteiger partial charge in [0, 0.05) is 33.4 Å². The van der Waals surface area contributed by atoms with Gasteiger partial charge in [-0.15, -0.1) is 0 Å². The number of benzene rings is 2. The van der Waals surface area contributed by atoms with Crippen molar-refractivity contribution in [2.45, 2.75) is 24.9 Å². The predicted octanol–water partition coefficient (Wildman–Crippen LogP) is 2.61. The van der Waals surface area contributed by atoms with Crippen molar-refractivity contribution in [2.75, 3.05) is 20.4 Å². The van der Waals surface area contributed by atoms with Gasteiger partial charge in [0.15, 0.2) is 15.8 Å². The molecule has 0 unspecified atom stereocenters. The third kappa shape index (κ3) is 5.60. The number of nitrogens with one attached hydrogen (secondary N) is 1. The summed E-state index contributed by atoms with van der Waals surface area (Å²) in [6.45, 7) is 3.41. The molecule has 0 amide bonds. The Morgan fingerprint density at radius 2 is 1.60 bits per heavy atom. The van der Waals surface area contributed by atoms with Gasteiger partial charge < -0.3 is 10.2 Å². The fourth-order valence-corrected chi connectivity index (χ4v) is 3.09. The Bertz CT molecular complexity index is 826. The van der Waals surface area contributed by atoms with Crippen LogP contribution in [0.15, 0.2) is 58.4 Å². The molecule has 0 saturated carbocycles. The van der Waals surface area contributed by atoms with Crippen LogP contribution in [0.25, 0.3) is 0 Å². The number of guanidine groups is 1. The number of aryl methyl sites for hydroxylation is 1. The Hall–Kier alpha value is -2.34. The second kappa shape index (κ2) is 8.16. The smallest absolute Gasteiger partial charge is 0.193 e. The van der Waals surface area contributed by atoms with Crippen molar-refractivity contribution < 1.29 is 8.42 Å². The van der Waals surface area contributed by atoms with Crippen LogP contribution >= 0.6 is 0 Å². The molecule has 0 spiro atoms. The van der Waals surface area contributed by atoms with Crippen molar-refractivity contribution in [1.29, 1.82) is 0 Å². The Morgan fingerprint density at radius 1 is 1.04 bits per heavy atom. The Morgan fingerprint density at radius 3 is 2.12 bits per heavy atom. The molecule has 0 fully saturated rings. The molecule has 25 heavy (non-hydrogen) atoms. The maximum Gasteiger partial charge on any atom is 0.193 e. The summed E-state index contributed by atoms with van der Waals surface area (Å²) in [7, 11) is 0.580. The average Bonchev–Trinajstić information content (AvgIpc) is 2.57. The van der Waals surface area contributed by atoms with Crippen molar-refractivity contribution in [1.82, 2.24) is 10.2 Å². The highest BCUT2D eigenvalue weighted by molar-refractivity contribution is 7.90. The Labute approximate surface area is 150 Å². The lowest BCUT2D eigenvalue weighted by Gasteiger charge is -2.22. The highest BCUT2D eigenvalue weighted by Crippen LogP contribution is 2.10. The van der Waals surface area contributed by atoms with Crippen LogP contribution in [0.3, 0.4) is 0 Å². The minimum absolute atomic E-state index is 0.331. The van der Waals surface area contributed by atoms with Crippen molar-refractivity contribution >= 4 is 15.8 Å². The van der Waals surface area contributed by atoms with E-state index in [2.05, 4.69) is 46.4 Å². The summed E-state index contributed by atoms with van der Waals surface area (Å²) in [6.07, 6.45) is 1.21. The third-order valence-corrected chi connectivity index (χ3v) is 5.04. The lowest BCUT2D eigenvalue weighted by molar-refractivity contribution is 0.476. The molecule has 6 heteroatoms. The van der Waals surface area contributed by atoms with E-state index in [-0.39, 0.29) is 0 Å². The number of hydrogen-bond donors (Lipinski definition) is 1. The van der Waals surface area contributed by atoms with Crippen LogP contribution in [0, 0.1) is 6.92 Å². The largest absolute Gasteiger partial charge is 0.352 e. The maximum atomic E-state index is 11.5. The normalized spacial score (nSPS) is 12.1. The van der Waals surface area contributed by atoms with Gasteiger partial charge in [0.2, 0.25) is 0 Å². The van der Waals surface area contributed by atoms with E-state index in [9.17, 15) is 8.42 Å². The van der Waals surface area contributed by atoms with Crippen molar-refractivity contribution in [3.63, 3.8) is 0 Å². The summed E-state index contributed by atoms with van der Waals surface area (Å²) in [4.78, 5) is 6.69. The first-order valence-corrected chi connectivity index (χ1v) is 9.95. The van der Waals surface area contributed by atoms with Crippen LogP contribution < -0.4 is 5.32 Å². The highest BCUT2D eigenvalue weighted by atomic mass is 32.2. The minimum Gasteiger partial charge on any atom is -0.352 e. The van der Waals surface area contributed by atoms with Crippen LogP contribution in [0.4, 0.5) is 0 Å². The van der Waals surface area contributed by atoms with E-state index in [1.54, 1.807) is 19.2 Å². The molecule has 0 radical (unpaired) electrons. The molecule has 0 saturated heterocycles. The summed E-state index contributed by atoms with van der Waals surface area (Å²) in [5, 5.41) is 3.30. The van der Waals surface area contributed by atoms with Gasteiger partial charge in [0.1, 0.15) is 0 Å². The maximum absolute atomic E-state index is 11.5. The first kappa shape index (κ1) is 19.0. The molecule has 5 nitrogen and oxygen atoms in total. The Kier molecular flexibility index (Phi) is 6.20. The lowest BCUT2D eigenvalue weighted by atomic mass is 10.1. The lowest BCUT2D eigenvalue weighted by Crippen LogP contribution is -2.38.